The minimum absolute atomic E-state index is 0.0197. The summed E-state index contributed by atoms with van der Waals surface area (Å²) in [5.74, 6) is -0.272. The highest BCUT2D eigenvalue weighted by molar-refractivity contribution is 5.97. The molecule has 1 spiro atoms. The van der Waals surface area contributed by atoms with Crippen molar-refractivity contribution in [3.05, 3.63) is 71.8 Å². The van der Waals surface area contributed by atoms with Crippen LogP contribution in [0.25, 0.3) is 0 Å². The van der Waals surface area contributed by atoms with E-state index in [0.717, 1.165) is 0 Å². The number of anilines is 1. The van der Waals surface area contributed by atoms with Gasteiger partial charge in [0, 0.05) is 12.2 Å². The zero-order valence-corrected chi connectivity index (χ0v) is 25.2. The number of nitrogens with one attached hydrogen (secondary N) is 3. The van der Waals surface area contributed by atoms with Gasteiger partial charge < -0.3 is 25.4 Å². The van der Waals surface area contributed by atoms with Crippen LogP contribution in [0.5, 0.6) is 5.75 Å². The maximum atomic E-state index is 13.9. The number of rotatable bonds is 6. The van der Waals surface area contributed by atoms with Crippen molar-refractivity contribution in [3.63, 3.8) is 0 Å². The molecule has 0 aliphatic carbocycles. The highest BCUT2D eigenvalue weighted by Gasteiger charge is 2.41. The van der Waals surface area contributed by atoms with Gasteiger partial charge in [-0.3, -0.25) is 19.3 Å². The number of carbonyl (C=O) groups is 4. The molecule has 230 valence electrons. The number of fused-ring (bicyclic) bond motifs is 1. The molecule has 2 aromatic carbocycles. The summed E-state index contributed by atoms with van der Waals surface area (Å²) in [6, 6.07) is 13.5. The van der Waals surface area contributed by atoms with E-state index < -0.39 is 11.4 Å². The molecule has 43 heavy (non-hydrogen) atoms. The Labute approximate surface area is 253 Å². The van der Waals surface area contributed by atoms with Gasteiger partial charge in [-0.2, -0.15) is 0 Å². The lowest BCUT2D eigenvalue weighted by atomic mass is 9.74. The number of para-hydroxylation sites is 1. The zero-order chi connectivity index (χ0) is 30.8. The molecule has 0 radical (unpaired) electrons. The second-order valence-corrected chi connectivity index (χ2v) is 11.4. The minimum Gasteiger partial charge on any atom is -0.491 e. The Kier molecular flexibility index (Phi) is 10.9. The third-order valence-corrected chi connectivity index (χ3v) is 8.05. The van der Waals surface area contributed by atoms with Crippen LogP contribution in [-0.4, -0.2) is 74.0 Å². The first-order valence-electron chi connectivity index (χ1n) is 15.0. The van der Waals surface area contributed by atoms with E-state index in [9.17, 15) is 19.2 Å². The third kappa shape index (κ3) is 8.44. The molecule has 4 rings (SSSR count). The van der Waals surface area contributed by atoms with Crippen LogP contribution in [0.4, 0.5) is 5.69 Å². The summed E-state index contributed by atoms with van der Waals surface area (Å²) in [4.78, 5) is 53.6. The molecular weight excluding hydrogens is 548 g/mol. The number of hydrogen-bond donors (Lipinski definition) is 3. The summed E-state index contributed by atoms with van der Waals surface area (Å²) in [6.45, 7) is 7.98. The fraction of sp³-hybridized carbons (Fsp3) is 0.455. The van der Waals surface area contributed by atoms with Crippen LogP contribution in [0.15, 0.2) is 60.7 Å². The molecule has 2 heterocycles. The summed E-state index contributed by atoms with van der Waals surface area (Å²) < 4.78 is 11.1. The average molecular weight is 591 g/mol. The van der Waals surface area contributed by atoms with Gasteiger partial charge in [0.05, 0.1) is 35.7 Å². The fourth-order valence-electron chi connectivity index (χ4n) is 5.33. The lowest BCUT2D eigenvalue weighted by Crippen LogP contribution is -2.54. The average Bonchev–Trinajstić information content (AvgIpc) is 2.99. The van der Waals surface area contributed by atoms with Crippen molar-refractivity contribution in [3.8, 4) is 5.75 Å². The zero-order valence-electron chi connectivity index (χ0n) is 25.2. The van der Waals surface area contributed by atoms with Crippen LogP contribution < -0.4 is 20.7 Å². The number of piperidine rings is 1. The standard InChI is InChI=1S/C33H42N4O6/c1-4-42-31(40)24-10-9-11-25(20-24)35-29(38)21-37-18-15-33(16-19-37)14-7-8-17-34-30(39)26-12-5-6-13-28(26)43-22-27(23(2)3)36-32(33)41/h5-13,20,23,27H,4,14-19,21-22H2,1-3H3,(H,34,39)(H,35,38)(H,36,41)/b8-7+/t27-/m0/s1. The molecule has 10 nitrogen and oxygen atoms in total. The Balaban J connectivity index is 1.41. The molecule has 3 N–H and O–H groups in total. The third-order valence-electron chi connectivity index (χ3n) is 8.05. The number of amides is 3. The first-order valence-corrected chi connectivity index (χ1v) is 15.0. The fourth-order valence-corrected chi connectivity index (χ4v) is 5.33. The van der Waals surface area contributed by atoms with Crippen LogP contribution >= 0.6 is 0 Å². The molecule has 2 aliphatic heterocycles. The van der Waals surface area contributed by atoms with E-state index in [-0.39, 0.29) is 49.4 Å². The molecule has 0 bridgehead atoms. The SMILES string of the molecule is CCOC(=O)c1cccc(NC(=O)CN2CCC3(C/C=C/CNC(=O)c4ccccc4OC[C@@H](C(C)C)NC3=O)CC2)c1. The lowest BCUT2D eigenvalue weighted by molar-refractivity contribution is -0.135. The smallest absolute Gasteiger partial charge is 0.338 e. The van der Waals surface area contributed by atoms with Gasteiger partial charge in [-0.15, -0.1) is 0 Å². The number of esters is 1. The molecule has 0 saturated carbocycles. The van der Waals surface area contributed by atoms with Gasteiger partial charge in [0.2, 0.25) is 11.8 Å². The van der Waals surface area contributed by atoms with E-state index in [4.69, 9.17) is 9.47 Å². The second kappa shape index (κ2) is 14.8. The van der Waals surface area contributed by atoms with Crippen LogP contribution in [0.2, 0.25) is 0 Å². The number of carbonyl (C=O) groups excluding carboxylic acids is 4. The van der Waals surface area contributed by atoms with Gasteiger partial charge >= 0.3 is 5.97 Å². The first kappa shape index (κ1) is 31.7. The Morgan fingerprint density at radius 3 is 2.60 bits per heavy atom. The summed E-state index contributed by atoms with van der Waals surface area (Å²) in [5.41, 5.74) is 0.718. The molecule has 2 aliphatic rings. The number of hydrogen-bond acceptors (Lipinski definition) is 7. The quantitative estimate of drug-likeness (QED) is 0.345. The second-order valence-electron chi connectivity index (χ2n) is 11.4. The normalized spacial score (nSPS) is 20.1. The van der Waals surface area contributed by atoms with Crippen molar-refractivity contribution in [2.45, 2.75) is 46.1 Å². The first-order chi connectivity index (χ1) is 20.7. The van der Waals surface area contributed by atoms with Gasteiger partial charge in [-0.05, 0) is 75.5 Å². The lowest BCUT2D eigenvalue weighted by Gasteiger charge is -2.41. The van der Waals surface area contributed by atoms with Gasteiger partial charge in [0.15, 0.2) is 0 Å². The summed E-state index contributed by atoms with van der Waals surface area (Å²) in [6.07, 6.45) is 5.53. The Bertz CT molecular complexity index is 1330. The van der Waals surface area contributed by atoms with Crippen LogP contribution in [0, 0.1) is 11.3 Å². The maximum absolute atomic E-state index is 13.9. The molecule has 2 aromatic rings. The van der Waals surface area contributed by atoms with E-state index in [1.807, 2.05) is 37.0 Å². The molecule has 1 fully saturated rings. The van der Waals surface area contributed by atoms with Crippen molar-refractivity contribution < 1.29 is 28.7 Å². The summed E-state index contributed by atoms with van der Waals surface area (Å²) >= 11 is 0. The van der Waals surface area contributed by atoms with Crippen LogP contribution in [0.3, 0.4) is 0 Å². The predicted molar refractivity (Wildman–Crippen MR) is 164 cm³/mol. The molecule has 10 heteroatoms. The van der Waals surface area contributed by atoms with Crippen LogP contribution in [0.1, 0.15) is 60.7 Å². The van der Waals surface area contributed by atoms with E-state index in [0.29, 0.717) is 61.5 Å². The number of ether oxygens (including phenoxy) is 2. The van der Waals surface area contributed by atoms with Crippen molar-refractivity contribution >= 4 is 29.4 Å². The monoisotopic (exact) mass is 590 g/mol. The number of likely N-dealkylation sites (tertiary alicyclic amines) is 1. The van der Waals surface area contributed by atoms with E-state index in [1.54, 1.807) is 49.4 Å². The summed E-state index contributed by atoms with van der Waals surface area (Å²) in [7, 11) is 0. The summed E-state index contributed by atoms with van der Waals surface area (Å²) in [5, 5.41) is 9.03. The topological polar surface area (TPSA) is 126 Å². The van der Waals surface area contributed by atoms with Gasteiger partial charge in [-0.25, -0.2) is 4.79 Å². The molecule has 0 aromatic heterocycles. The van der Waals surface area contributed by atoms with Gasteiger partial charge in [-0.1, -0.05) is 44.2 Å². The number of allylic oxidation sites excluding steroid dienone is 1. The van der Waals surface area contributed by atoms with E-state index in [2.05, 4.69) is 16.0 Å². The van der Waals surface area contributed by atoms with Crippen molar-refractivity contribution in [2.24, 2.45) is 11.3 Å². The number of benzene rings is 2. The van der Waals surface area contributed by atoms with E-state index in [1.165, 1.54) is 0 Å². The highest BCUT2D eigenvalue weighted by Crippen LogP contribution is 2.36. The predicted octanol–water partition coefficient (Wildman–Crippen LogP) is 3.79. The Morgan fingerprint density at radius 2 is 1.86 bits per heavy atom. The number of nitrogens with zero attached hydrogens (tertiary/aromatic N) is 1. The van der Waals surface area contributed by atoms with Crippen molar-refractivity contribution in [2.75, 3.05) is 44.7 Å². The molecule has 1 atom stereocenters. The molecular formula is C33H42N4O6. The Hall–Kier alpha value is -4.18. The van der Waals surface area contributed by atoms with Crippen molar-refractivity contribution in [1.29, 1.82) is 0 Å². The molecule has 3 amide bonds. The van der Waals surface area contributed by atoms with Gasteiger partial charge in [0.25, 0.3) is 5.91 Å². The Morgan fingerprint density at radius 1 is 1.09 bits per heavy atom. The largest absolute Gasteiger partial charge is 0.491 e. The van der Waals surface area contributed by atoms with Crippen molar-refractivity contribution in [1.82, 2.24) is 15.5 Å². The molecule has 0 unspecified atom stereocenters. The highest BCUT2D eigenvalue weighted by atomic mass is 16.5. The van der Waals surface area contributed by atoms with Crippen LogP contribution in [-0.2, 0) is 14.3 Å². The minimum atomic E-state index is -0.642. The molecule has 1 saturated heterocycles. The van der Waals surface area contributed by atoms with Gasteiger partial charge in [0.1, 0.15) is 12.4 Å². The van der Waals surface area contributed by atoms with E-state index >= 15 is 0 Å². The maximum Gasteiger partial charge on any atom is 0.338 e.